The van der Waals surface area contributed by atoms with Gasteiger partial charge >= 0.3 is 5.97 Å². The zero-order chi connectivity index (χ0) is 12.1. The van der Waals surface area contributed by atoms with Gasteiger partial charge in [0.25, 0.3) is 0 Å². The fourth-order valence-corrected chi connectivity index (χ4v) is 2.68. The van der Waals surface area contributed by atoms with E-state index in [1.807, 2.05) is 6.92 Å². The molecule has 3 atom stereocenters. The average molecular weight is 226 g/mol. The quantitative estimate of drug-likeness (QED) is 0.682. The van der Waals surface area contributed by atoms with E-state index in [-0.39, 0.29) is 12.1 Å². The van der Waals surface area contributed by atoms with Crippen molar-refractivity contribution in [3.8, 4) is 0 Å². The van der Waals surface area contributed by atoms with Gasteiger partial charge in [-0.1, -0.05) is 34.1 Å². The Kier molecular flexibility index (Phi) is 5.30. The summed E-state index contributed by atoms with van der Waals surface area (Å²) in [6.45, 7) is 8.75. The fourth-order valence-electron chi connectivity index (χ4n) is 2.68. The molecular formula is C14H26O2. The number of carbonyl (C=O) groups is 1. The zero-order valence-electron chi connectivity index (χ0n) is 11.2. The minimum atomic E-state index is -0.00718. The normalized spacial score (nSPS) is 30.4. The van der Waals surface area contributed by atoms with Gasteiger partial charge in [-0.25, -0.2) is 0 Å². The molecule has 0 unspecified atom stereocenters. The van der Waals surface area contributed by atoms with E-state index in [4.69, 9.17) is 4.74 Å². The van der Waals surface area contributed by atoms with Crippen molar-refractivity contribution in [2.45, 2.75) is 65.9 Å². The van der Waals surface area contributed by atoms with Crippen molar-refractivity contribution in [2.75, 3.05) is 0 Å². The summed E-state index contributed by atoms with van der Waals surface area (Å²) in [4.78, 5) is 11.6. The highest BCUT2D eigenvalue weighted by atomic mass is 16.5. The second-order valence-corrected chi connectivity index (χ2v) is 5.60. The van der Waals surface area contributed by atoms with E-state index in [2.05, 4.69) is 20.8 Å². The van der Waals surface area contributed by atoms with Crippen LogP contribution in [0.2, 0.25) is 0 Å². The summed E-state index contributed by atoms with van der Waals surface area (Å²) in [7, 11) is 0. The van der Waals surface area contributed by atoms with Crippen LogP contribution >= 0.6 is 0 Å². The van der Waals surface area contributed by atoms with Gasteiger partial charge in [-0.05, 0) is 37.0 Å². The predicted molar refractivity (Wildman–Crippen MR) is 66.1 cm³/mol. The Hall–Kier alpha value is -0.530. The van der Waals surface area contributed by atoms with E-state index >= 15 is 0 Å². The number of rotatable bonds is 4. The van der Waals surface area contributed by atoms with Crippen LogP contribution in [0.25, 0.3) is 0 Å². The van der Waals surface area contributed by atoms with E-state index in [1.54, 1.807) is 0 Å². The molecule has 1 saturated carbocycles. The van der Waals surface area contributed by atoms with E-state index in [0.717, 1.165) is 12.8 Å². The summed E-state index contributed by atoms with van der Waals surface area (Å²) in [5.74, 6) is 1.88. The fraction of sp³-hybridized carbons (Fsp3) is 0.929. The maximum atomic E-state index is 11.6. The molecule has 1 aliphatic carbocycles. The van der Waals surface area contributed by atoms with Crippen molar-refractivity contribution in [3.05, 3.63) is 0 Å². The second kappa shape index (κ2) is 6.27. The summed E-state index contributed by atoms with van der Waals surface area (Å²) < 4.78 is 5.64. The largest absolute Gasteiger partial charge is 0.462 e. The van der Waals surface area contributed by atoms with E-state index in [1.165, 1.54) is 12.8 Å². The van der Waals surface area contributed by atoms with Crippen LogP contribution in [-0.4, -0.2) is 12.1 Å². The van der Waals surface area contributed by atoms with Crippen molar-refractivity contribution >= 4 is 5.97 Å². The molecule has 0 aromatic heterocycles. The van der Waals surface area contributed by atoms with Crippen molar-refractivity contribution in [2.24, 2.45) is 17.8 Å². The molecule has 1 fully saturated rings. The van der Waals surface area contributed by atoms with Crippen LogP contribution in [0.1, 0.15) is 59.8 Å². The molecule has 2 nitrogen and oxygen atoms in total. The third-order valence-electron chi connectivity index (χ3n) is 3.70. The minimum Gasteiger partial charge on any atom is -0.462 e. The van der Waals surface area contributed by atoms with Crippen molar-refractivity contribution in [1.29, 1.82) is 0 Å². The lowest BCUT2D eigenvalue weighted by Gasteiger charge is -2.36. The molecule has 2 heteroatoms. The highest BCUT2D eigenvalue weighted by Gasteiger charge is 2.33. The third-order valence-corrected chi connectivity index (χ3v) is 3.70. The van der Waals surface area contributed by atoms with Gasteiger partial charge in [0.15, 0.2) is 0 Å². The smallest absolute Gasteiger partial charge is 0.306 e. The molecule has 0 aromatic rings. The summed E-state index contributed by atoms with van der Waals surface area (Å²) in [5, 5.41) is 0. The SMILES string of the molecule is CCCC(=O)O[C@H]1C[C@@H](C)CC[C@@H]1C(C)C. The van der Waals surface area contributed by atoms with E-state index < -0.39 is 0 Å². The Bertz CT molecular complexity index is 223. The van der Waals surface area contributed by atoms with E-state index in [9.17, 15) is 4.79 Å². The van der Waals surface area contributed by atoms with Crippen LogP contribution in [0.15, 0.2) is 0 Å². The lowest BCUT2D eigenvalue weighted by molar-refractivity contribution is -0.155. The first-order chi connectivity index (χ1) is 7.54. The first-order valence-corrected chi connectivity index (χ1v) is 6.74. The molecule has 0 spiro atoms. The van der Waals surface area contributed by atoms with Crippen LogP contribution in [0.4, 0.5) is 0 Å². The maximum Gasteiger partial charge on any atom is 0.306 e. The molecule has 0 N–H and O–H groups in total. The number of hydrogen-bond donors (Lipinski definition) is 0. The lowest BCUT2D eigenvalue weighted by Crippen LogP contribution is -2.35. The van der Waals surface area contributed by atoms with Gasteiger partial charge in [-0.15, -0.1) is 0 Å². The molecular weight excluding hydrogens is 200 g/mol. The molecule has 0 amide bonds. The number of esters is 1. The van der Waals surface area contributed by atoms with Crippen molar-refractivity contribution in [3.63, 3.8) is 0 Å². The highest BCUT2D eigenvalue weighted by Crippen LogP contribution is 2.35. The Morgan fingerprint density at radius 1 is 1.38 bits per heavy atom. The van der Waals surface area contributed by atoms with Crippen LogP contribution in [-0.2, 0) is 9.53 Å². The number of ether oxygens (including phenoxy) is 1. The molecule has 1 rings (SSSR count). The van der Waals surface area contributed by atoms with E-state index in [0.29, 0.717) is 24.2 Å². The third kappa shape index (κ3) is 3.80. The van der Waals surface area contributed by atoms with Gasteiger partial charge in [0.05, 0.1) is 0 Å². The Balaban J connectivity index is 2.54. The predicted octanol–water partition coefficient (Wildman–Crippen LogP) is 3.79. The second-order valence-electron chi connectivity index (χ2n) is 5.60. The van der Waals surface area contributed by atoms with Crippen LogP contribution < -0.4 is 0 Å². The topological polar surface area (TPSA) is 26.3 Å². The molecule has 0 bridgehead atoms. The molecule has 0 aliphatic heterocycles. The monoisotopic (exact) mass is 226 g/mol. The number of carbonyl (C=O) groups excluding carboxylic acids is 1. The van der Waals surface area contributed by atoms with Gasteiger partial charge in [-0.2, -0.15) is 0 Å². The van der Waals surface area contributed by atoms with Gasteiger partial charge in [0.2, 0.25) is 0 Å². The molecule has 0 heterocycles. The average Bonchev–Trinajstić information content (AvgIpc) is 2.17. The van der Waals surface area contributed by atoms with Crippen LogP contribution in [0, 0.1) is 17.8 Å². The Morgan fingerprint density at radius 3 is 2.62 bits per heavy atom. The summed E-state index contributed by atoms with van der Waals surface area (Å²) in [5.41, 5.74) is 0. The molecule has 16 heavy (non-hydrogen) atoms. The van der Waals surface area contributed by atoms with Crippen LogP contribution in [0.3, 0.4) is 0 Å². The van der Waals surface area contributed by atoms with Gasteiger partial charge < -0.3 is 4.74 Å². The molecule has 0 saturated heterocycles. The van der Waals surface area contributed by atoms with Crippen LogP contribution in [0.5, 0.6) is 0 Å². The summed E-state index contributed by atoms with van der Waals surface area (Å²) in [6, 6.07) is 0. The van der Waals surface area contributed by atoms with Gasteiger partial charge in [-0.3, -0.25) is 4.79 Å². The minimum absolute atomic E-state index is 0.00718. The van der Waals surface area contributed by atoms with Gasteiger partial charge in [0, 0.05) is 6.42 Å². The number of hydrogen-bond acceptors (Lipinski definition) is 2. The molecule has 0 radical (unpaired) electrons. The highest BCUT2D eigenvalue weighted by molar-refractivity contribution is 5.69. The van der Waals surface area contributed by atoms with Gasteiger partial charge in [0.1, 0.15) is 6.10 Å². The molecule has 0 aromatic carbocycles. The summed E-state index contributed by atoms with van der Waals surface area (Å²) >= 11 is 0. The lowest BCUT2D eigenvalue weighted by atomic mass is 9.75. The Labute approximate surface area is 99.8 Å². The first kappa shape index (κ1) is 13.5. The molecule has 94 valence electrons. The first-order valence-electron chi connectivity index (χ1n) is 6.74. The zero-order valence-corrected chi connectivity index (χ0v) is 11.2. The standard InChI is InChI=1S/C14H26O2/c1-5-6-14(15)16-13-9-11(4)7-8-12(13)10(2)3/h10-13H,5-9H2,1-4H3/t11-,12+,13-/m0/s1. The summed E-state index contributed by atoms with van der Waals surface area (Å²) in [6.07, 6.45) is 5.16. The maximum absolute atomic E-state index is 11.6. The molecule has 1 aliphatic rings. The van der Waals surface area contributed by atoms with Crippen molar-refractivity contribution in [1.82, 2.24) is 0 Å². The van der Waals surface area contributed by atoms with Crippen molar-refractivity contribution < 1.29 is 9.53 Å². The Morgan fingerprint density at radius 2 is 2.06 bits per heavy atom.